The molecule has 0 saturated heterocycles. The van der Waals surface area contributed by atoms with Crippen molar-refractivity contribution in [2.45, 2.75) is 18.9 Å². The van der Waals surface area contributed by atoms with Crippen molar-refractivity contribution >= 4 is 22.4 Å². The number of H-pyrrole nitrogens is 1. The van der Waals surface area contributed by atoms with E-state index in [1.54, 1.807) is 0 Å². The molecule has 4 heteroatoms. The molecule has 1 aromatic heterocycles. The minimum Gasteiger partial charge on any atom is -0.367 e. The Morgan fingerprint density at radius 2 is 2.04 bits per heavy atom. The second kappa shape index (κ2) is 4.72. The topological polar surface area (TPSA) is 68.7 Å². The predicted octanol–water partition coefficient (Wildman–Crippen LogP) is 3.89. The van der Waals surface area contributed by atoms with Crippen LogP contribution < -0.4 is 5.32 Å². The van der Waals surface area contributed by atoms with Gasteiger partial charge < -0.3 is 10.3 Å². The third-order valence-electron chi connectivity index (χ3n) is 4.55. The van der Waals surface area contributed by atoms with E-state index in [0.717, 1.165) is 27.7 Å². The number of aromatic nitrogens is 1. The van der Waals surface area contributed by atoms with E-state index in [4.69, 9.17) is 0 Å². The molecule has 23 heavy (non-hydrogen) atoms. The monoisotopic (exact) mass is 301 g/mol. The molecule has 0 saturated carbocycles. The quantitative estimate of drug-likeness (QED) is 0.754. The van der Waals surface area contributed by atoms with Gasteiger partial charge in [0.15, 0.2) is 5.78 Å². The number of Topliss-reactive ketones (excluding diaryl/α,β-unsaturated/α-hetero) is 1. The van der Waals surface area contributed by atoms with E-state index in [1.165, 1.54) is 0 Å². The minimum atomic E-state index is -1.02. The standard InChI is InChI=1S/C19H15N3O/c1-12-6-7-16-14(10-12)15(11-21-16)19(8-9-20)18(23)13-4-2-3-5-17(13)22-19/h2-7,10-11,21-22H,8H2,1H3. The first-order chi connectivity index (χ1) is 11.2. The highest BCUT2D eigenvalue weighted by Gasteiger charge is 2.47. The number of ketones is 1. The number of fused-ring (bicyclic) bond motifs is 2. The molecule has 1 aliphatic heterocycles. The zero-order chi connectivity index (χ0) is 16.0. The molecule has 0 spiro atoms. The zero-order valence-corrected chi connectivity index (χ0v) is 12.7. The summed E-state index contributed by atoms with van der Waals surface area (Å²) in [5, 5.41) is 13.7. The molecule has 2 N–H and O–H groups in total. The summed E-state index contributed by atoms with van der Waals surface area (Å²) in [7, 11) is 0. The van der Waals surface area contributed by atoms with Crippen molar-refractivity contribution in [1.29, 1.82) is 5.26 Å². The fraction of sp³-hybridized carbons (Fsp3) is 0.158. The van der Waals surface area contributed by atoms with Gasteiger partial charge in [0.25, 0.3) is 0 Å². The summed E-state index contributed by atoms with van der Waals surface area (Å²) in [6.07, 6.45) is 1.93. The number of aryl methyl sites for hydroxylation is 1. The fourth-order valence-electron chi connectivity index (χ4n) is 3.42. The van der Waals surface area contributed by atoms with Crippen LogP contribution in [0.4, 0.5) is 5.69 Å². The lowest BCUT2D eigenvalue weighted by atomic mass is 9.83. The number of nitrogens with zero attached hydrogens (tertiary/aromatic N) is 1. The number of aromatic amines is 1. The Hall–Kier alpha value is -3.06. The van der Waals surface area contributed by atoms with Crippen LogP contribution in [0.1, 0.15) is 27.9 Å². The van der Waals surface area contributed by atoms with Gasteiger partial charge in [-0.1, -0.05) is 23.8 Å². The first-order valence-electron chi connectivity index (χ1n) is 7.53. The van der Waals surface area contributed by atoms with Gasteiger partial charge in [0.05, 0.1) is 12.5 Å². The number of para-hydroxylation sites is 1. The SMILES string of the molecule is Cc1ccc2[nH]cc(C3(CC#N)Nc4ccccc4C3=O)c2c1. The molecule has 112 valence electrons. The second-order valence-electron chi connectivity index (χ2n) is 5.99. The van der Waals surface area contributed by atoms with Crippen LogP contribution in [0, 0.1) is 18.3 Å². The van der Waals surface area contributed by atoms with Gasteiger partial charge in [-0.05, 0) is 31.2 Å². The lowest BCUT2D eigenvalue weighted by Gasteiger charge is -2.25. The van der Waals surface area contributed by atoms with E-state index in [2.05, 4.69) is 22.4 Å². The Bertz CT molecular complexity index is 980. The second-order valence-corrected chi connectivity index (χ2v) is 5.99. The summed E-state index contributed by atoms with van der Waals surface area (Å²) in [6, 6.07) is 15.7. The summed E-state index contributed by atoms with van der Waals surface area (Å²) in [5.41, 5.74) is 3.32. The van der Waals surface area contributed by atoms with E-state index < -0.39 is 5.54 Å². The molecule has 2 aromatic carbocycles. The molecule has 0 radical (unpaired) electrons. The first-order valence-corrected chi connectivity index (χ1v) is 7.53. The molecular weight excluding hydrogens is 286 g/mol. The number of hydrogen-bond donors (Lipinski definition) is 2. The van der Waals surface area contributed by atoms with Crippen LogP contribution in [-0.2, 0) is 5.54 Å². The van der Waals surface area contributed by atoms with Crippen LogP contribution in [0.25, 0.3) is 10.9 Å². The van der Waals surface area contributed by atoms with E-state index in [9.17, 15) is 10.1 Å². The Kier molecular flexibility index (Phi) is 2.79. The average molecular weight is 301 g/mol. The van der Waals surface area contributed by atoms with Crippen molar-refractivity contribution < 1.29 is 4.79 Å². The summed E-state index contributed by atoms with van der Waals surface area (Å²) < 4.78 is 0. The van der Waals surface area contributed by atoms with E-state index in [0.29, 0.717) is 5.56 Å². The minimum absolute atomic E-state index is 0.0444. The van der Waals surface area contributed by atoms with Crippen molar-refractivity contribution in [3.63, 3.8) is 0 Å². The van der Waals surface area contributed by atoms with Gasteiger partial charge >= 0.3 is 0 Å². The highest BCUT2D eigenvalue weighted by Crippen LogP contribution is 2.43. The van der Waals surface area contributed by atoms with Gasteiger partial charge in [0.1, 0.15) is 5.54 Å². The first kappa shape index (κ1) is 13.6. The third-order valence-corrected chi connectivity index (χ3v) is 4.55. The van der Waals surface area contributed by atoms with Crippen LogP contribution in [0.5, 0.6) is 0 Å². The van der Waals surface area contributed by atoms with Gasteiger partial charge in [0, 0.05) is 33.9 Å². The number of anilines is 1. The smallest absolute Gasteiger partial charge is 0.195 e. The molecule has 1 unspecified atom stereocenters. The maximum atomic E-state index is 13.1. The predicted molar refractivity (Wildman–Crippen MR) is 89.3 cm³/mol. The van der Waals surface area contributed by atoms with Crippen molar-refractivity contribution in [2.75, 3.05) is 5.32 Å². The molecule has 2 heterocycles. The Labute approximate surface area is 133 Å². The van der Waals surface area contributed by atoms with Gasteiger partial charge in [-0.2, -0.15) is 5.26 Å². The van der Waals surface area contributed by atoms with E-state index >= 15 is 0 Å². The molecule has 4 rings (SSSR count). The number of hydrogen-bond acceptors (Lipinski definition) is 3. The summed E-state index contributed by atoms with van der Waals surface area (Å²) in [4.78, 5) is 16.3. The normalized spacial score (nSPS) is 19.4. The summed E-state index contributed by atoms with van der Waals surface area (Å²) in [5.74, 6) is -0.0444. The molecule has 0 fully saturated rings. The third kappa shape index (κ3) is 1.80. The Morgan fingerprint density at radius 3 is 2.83 bits per heavy atom. The number of nitrogens with one attached hydrogen (secondary N) is 2. The Balaban J connectivity index is 1.98. The van der Waals surface area contributed by atoms with Crippen molar-refractivity contribution in [3.8, 4) is 6.07 Å². The van der Waals surface area contributed by atoms with Gasteiger partial charge in [-0.15, -0.1) is 0 Å². The van der Waals surface area contributed by atoms with Crippen LogP contribution in [-0.4, -0.2) is 10.8 Å². The van der Waals surface area contributed by atoms with Crippen molar-refractivity contribution in [1.82, 2.24) is 4.98 Å². The molecule has 1 aliphatic rings. The average Bonchev–Trinajstić information content (AvgIpc) is 3.08. The summed E-state index contributed by atoms with van der Waals surface area (Å²) >= 11 is 0. The number of rotatable bonds is 2. The number of carbonyl (C=O) groups excluding carboxylic acids is 1. The maximum absolute atomic E-state index is 13.1. The molecule has 3 aromatic rings. The van der Waals surface area contributed by atoms with Gasteiger partial charge in [0.2, 0.25) is 0 Å². The van der Waals surface area contributed by atoms with Crippen molar-refractivity contribution in [3.05, 3.63) is 65.4 Å². The van der Waals surface area contributed by atoms with E-state index in [-0.39, 0.29) is 12.2 Å². The van der Waals surface area contributed by atoms with Crippen LogP contribution in [0.2, 0.25) is 0 Å². The number of benzene rings is 2. The molecule has 0 bridgehead atoms. The fourth-order valence-corrected chi connectivity index (χ4v) is 3.42. The van der Waals surface area contributed by atoms with Crippen molar-refractivity contribution in [2.24, 2.45) is 0 Å². The molecule has 0 amide bonds. The molecular formula is C19H15N3O. The lowest BCUT2D eigenvalue weighted by molar-refractivity contribution is 0.0920. The lowest BCUT2D eigenvalue weighted by Crippen LogP contribution is -2.38. The van der Waals surface area contributed by atoms with Crippen LogP contribution in [0.15, 0.2) is 48.7 Å². The largest absolute Gasteiger partial charge is 0.367 e. The number of nitriles is 1. The zero-order valence-electron chi connectivity index (χ0n) is 12.7. The van der Waals surface area contributed by atoms with Crippen LogP contribution >= 0.6 is 0 Å². The number of carbonyl (C=O) groups is 1. The highest BCUT2D eigenvalue weighted by atomic mass is 16.1. The Morgan fingerprint density at radius 1 is 1.22 bits per heavy atom. The van der Waals surface area contributed by atoms with Gasteiger partial charge in [-0.3, -0.25) is 4.79 Å². The molecule has 4 nitrogen and oxygen atoms in total. The van der Waals surface area contributed by atoms with Gasteiger partial charge in [-0.25, -0.2) is 0 Å². The van der Waals surface area contributed by atoms with E-state index in [1.807, 2.05) is 49.5 Å². The highest BCUT2D eigenvalue weighted by molar-refractivity contribution is 6.15. The molecule has 0 aliphatic carbocycles. The maximum Gasteiger partial charge on any atom is 0.195 e. The molecule has 1 atom stereocenters. The summed E-state index contributed by atoms with van der Waals surface area (Å²) in [6.45, 7) is 2.02. The van der Waals surface area contributed by atoms with Crippen LogP contribution in [0.3, 0.4) is 0 Å².